The quantitative estimate of drug-likeness (QED) is 0.629. The Morgan fingerprint density at radius 3 is 2.94 bits per heavy atom. The van der Waals surface area contributed by atoms with Gasteiger partial charge in [-0.05, 0) is 34.6 Å². The number of halogens is 3. The van der Waals surface area contributed by atoms with Crippen molar-refractivity contribution in [1.82, 2.24) is 14.9 Å². The molecule has 7 heteroatoms. The van der Waals surface area contributed by atoms with Crippen molar-refractivity contribution in [3.63, 3.8) is 0 Å². The molecule has 0 spiro atoms. The van der Waals surface area contributed by atoms with Crippen molar-refractivity contribution >= 4 is 25.2 Å². The first-order valence-electron chi connectivity index (χ1n) is 5.58. The molecule has 1 aliphatic heterocycles. The molecule has 0 fully saturated rings. The summed E-state index contributed by atoms with van der Waals surface area (Å²) in [6.07, 6.45) is 1.55. The van der Waals surface area contributed by atoms with Crippen LogP contribution in [0.15, 0.2) is 6.20 Å². The number of rotatable bonds is 3. The first-order chi connectivity index (χ1) is 8.31. The molecule has 0 amide bonds. The molecule has 0 bridgehead atoms. The van der Waals surface area contributed by atoms with E-state index in [-0.39, 0.29) is 11.9 Å². The third-order valence-corrected chi connectivity index (χ3v) is 5.22. The van der Waals surface area contributed by atoms with E-state index in [4.69, 9.17) is 0 Å². The first kappa shape index (κ1) is 14.0. The Morgan fingerprint density at radius 1 is 1.67 bits per heavy atom. The molecule has 1 aromatic heterocycles. The summed E-state index contributed by atoms with van der Waals surface area (Å²) in [4.78, 5) is 4.02. The molecule has 2 atom stereocenters. The lowest BCUT2D eigenvalue weighted by Gasteiger charge is -2.33. The van der Waals surface area contributed by atoms with Gasteiger partial charge in [-0.25, -0.2) is 4.98 Å². The molecule has 0 radical (unpaired) electrons. The van der Waals surface area contributed by atoms with Crippen LogP contribution in [-0.2, 0) is 12.1 Å². The molecular formula is C11H16F2IN3O. The predicted molar refractivity (Wildman–Crippen MR) is 74.3 cm³/mol. The normalized spacial score (nSPS) is 23.5. The van der Waals surface area contributed by atoms with Crippen LogP contribution in [0.5, 0.6) is 0 Å². The van der Waals surface area contributed by atoms with Crippen molar-refractivity contribution in [3.05, 3.63) is 17.7 Å². The van der Waals surface area contributed by atoms with Gasteiger partial charge in [-0.3, -0.25) is 0 Å². The molecule has 4 nitrogen and oxygen atoms in total. The number of imidazole rings is 1. The standard InChI is InChI=1S/C11H16F2IN3O/c1-7-4-15-5-8-6-16-9(17(7)8)10(2,18)11(12,13)14-3/h6-7,15,18H,3-5H2,1-2H3/t7-,10+/m0/s1. The van der Waals surface area contributed by atoms with Crippen molar-refractivity contribution < 1.29 is 13.9 Å². The highest BCUT2D eigenvalue weighted by Gasteiger charge is 2.52. The maximum atomic E-state index is 13.9. The summed E-state index contributed by atoms with van der Waals surface area (Å²) in [5.74, 6) is 0.0415. The van der Waals surface area contributed by atoms with Crippen LogP contribution < -0.4 is 5.32 Å². The first-order valence-corrected chi connectivity index (χ1v) is 8.18. The average molecular weight is 371 g/mol. The van der Waals surface area contributed by atoms with Crippen LogP contribution in [-0.4, -0.2) is 29.6 Å². The molecule has 102 valence electrons. The van der Waals surface area contributed by atoms with Crippen LogP contribution in [0.3, 0.4) is 0 Å². The number of aliphatic hydroxyl groups is 1. The molecule has 1 aliphatic rings. The summed E-state index contributed by atoms with van der Waals surface area (Å²) in [6.45, 7) is 4.30. The Morgan fingerprint density at radius 2 is 2.33 bits per heavy atom. The molecule has 0 saturated carbocycles. The fourth-order valence-electron chi connectivity index (χ4n) is 2.14. The van der Waals surface area contributed by atoms with Crippen molar-refractivity contribution in [3.8, 4) is 0 Å². The lowest BCUT2D eigenvalue weighted by molar-refractivity contribution is -0.109. The number of nitrogens with one attached hydrogen (secondary N) is 1. The van der Waals surface area contributed by atoms with Gasteiger partial charge in [0.2, 0.25) is 0 Å². The van der Waals surface area contributed by atoms with Gasteiger partial charge in [0.25, 0.3) is 0 Å². The van der Waals surface area contributed by atoms with Gasteiger partial charge in [0.05, 0.1) is 5.69 Å². The summed E-state index contributed by atoms with van der Waals surface area (Å²) in [6, 6.07) is -0.00320. The summed E-state index contributed by atoms with van der Waals surface area (Å²) in [5.41, 5.74) is -1.44. The highest BCUT2D eigenvalue weighted by Crippen LogP contribution is 2.45. The van der Waals surface area contributed by atoms with Crippen molar-refractivity contribution in [2.24, 2.45) is 0 Å². The van der Waals surface area contributed by atoms with Gasteiger partial charge in [-0.1, -0.05) is 4.51 Å². The number of aromatic nitrogens is 2. The van der Waals surface area contributed by atoms with E-state index >= 15 is 0 Å². The van der Waals surface area contributed by atoms with Gasteiger partial charge in [0.15, 0.2) is 5.60 Å². The zero-order chi connectivity index (χ0) is 13.6. The molecule has 0 aromatic carbocycles. The maximum absolute atomic E-state index is 13.9. The monoisotopic (exact) mass is 371 g/mol. The van der Waals surface area contributed by atoms with Gasteiger partial charge >= 0.3 is 3.93 Å². The highest BCUT2D eigenvalue weighted by atomic mass is 127. The average Bonchev–Trinajstić information content (AvgIpc) is 2.74. The minimum Gasteiger partial charge on any atom is -0.376 e. The molecule has 18 heavy (non-hydrogen) atoms. The lowest BCUT2D eigenvalue weighted by atomic mass is 10.1. The highest BCUT2D eigenvalue weighted by molar-refractivity contribution is 14.2. The smallest absolute Gasteiger partial charge is 0.325 e. The van der Waals surface area contributed by atoms with E-state index in [9.17, 15) is 13.9 Å². The van der Waals surface area contributed by atoms with Crippen molar-refractivity contribution in [2.75, 3.05) is 6.54 Å². The van der Waals surface area contributed by atoms with Gasteiger partial charge < -0.3 is 15.0 Å². The molecule has 0 aliphatic carbocycles. The lowest BCUT2D eigenvalue weighted by Crippen LogP contribution is -2.43. The van der Waals surface area contributed by atoms with E-state index in [0.717, 1.165) is 12.6 Å². The Hall–Kier alpha value is -0.410. The van der Waals surface area contributed by atoms with Crippen LogP contribution in [0.1, 0.15) is 31.4 Å². The van der Waals surface area contributed by atoms with Gasteiger partial charge in [0.1, 0.15) is 5.82 Å². The molecule has 0 unspecified atom stereocenters. The van der Waals surface area contributed by atoms with Gasteiger partial charge in [0, 0.05) is 25.3 Å². The zero-order valence-electron chi connectivity index (χ0n) is 10.3. The molecule has 2 rings (SSSR count). The summed E-state index contributed by atoms with van der Waals surface area (Å²) in [7, 11) is 0. The SMILES string of the molecule is C=IC(F)(F)[C@](C)(O)c1ncc2n1[C@@H](C)CNC2. The van der Waals surface area contributed by atoms with Crippen molar-refractivity contribution in [2.45, 2.75) is 36.0 Å². The molecular weight excluding hydrogens is 355 g/mol. The largest absolute Gasteiger partial charge is 0.376 e. The molecule has 0 saturated heterocycles. The number of fused-ring (bicyclic) bond motifs is 1. The van der Waals surface area contributed by atoms with E-state index < -0.39 is 30.3 Å². The second-order valence-electron chi connectivity index (χ2n) is 4.63. The minimum atomic E-state index is -3.20. The predicted octanol–water partition coefficient (Wildman–Crippen LogP) is 1.75. The number of hydrogen-bond donors (Lipinski definition) is 2. The van der Waals surface area contributed by atoms with E-state index in [2.05, 4.69) is 14.8 Å². The minimum absolute atomic E-state index is 0.00320. The summed E-state index contributed by atoms with van der Waals surface area (Å²) >= 11 is -1.67. The van der Waals surface area contributed by atoms with Gasteiger partial charge in [-0.15, -0.1) is 0 Å². The Bertz CT molecular complexity index is 473. The third-order valence-electron chi connectivity index (χ3n) is 3.22. The summed E-state index contributed by atoms with van der Waals surface area (Å²) in [5, 5.41) is 13.4. The third kappa shape index (κ3) is 2.01. The van der Waals surface area contributed by atoms with E-state index in [1.807, 2.05) is 6.92 Å². The Labute approximate surface area is 114 Å². The van der Waals surface area contributed by atoms with Gasteiger partial charge in [-0.2, -0.15) is 8.78 Å². The van der Waals surface area contributed by atoms with Crippen LogP contribution in [0.4, 0.5) is 8.78 Å². The van der Waals surface area contributed by atoms with Crippen LogP contribution in [0.2, 0.25) is 0 Å². The molecule has 1 aromatic rings. The van der Waals surface area contributed by atoms with E-state index in [1.54, 1.807) is 10.8 Å². The molecule has 2 N–H and O–H groups in total. The van der Waals surface area contributed by atoms with Crippen LogP contribution in [0, 0.1) is 0 Å². The number of alkyl halides is 3. The van der Waals surface area contributed by atoms with Crippen molar-refractivity contribution in [1.29, 1.82) is 0 Å². The fraction of sp³-hybridized carbons (Fsp3) is 0.636. The van der Waals surface area contributed by atoms with E-state index in [0.29, 0.717) is 13.1 Å². The maximum Gasteiger partial charge on any atom is 0.325 e. The number of nitrogens with zero attached hydrogens (tertiary/aromatic N) is 2. The second kappa shape index (κ2) is 4.61. The topological polar surface area (TPSA) is 50.1 Å². The zero-order valence-corrected chi connectivity index (χ0v) is 12.4. The Balaban J connectivity index is 2.52. The number of hydrogen-bond acceptors (Lipinski definition) is 3. The fourth-order valence-corrected chi connectivity index (χ4v) is 3.12. The van der Waals surface area contributed by atoms with Crippen LogP contribution in [0.25, 0.3) is 0 Å². The van der Waals surface area contributed by atoms with Crippen LogP contribution >= 0.6 is 20.7 Å². The molecule has 2 heterocycles. The second-order valence-corrected chi connectivity index (χ2v) is 6.74. The summed E-state index contributed by atoms with van der Waals surface area (Å²) < 4.78 is 29.5. The van der Waals surface area contributed by atoms with E-state index in [1.165, 1.54) is 0 Å². The Kier molecular flexibility index (Phi) is 3.58.